The van der Waals surface area contributed by atoms with E-state index < -0.39 is 0 Å². The summed E-state index contributed by atoms with van der Waals surface area (Å²) in [6.07, 6.45) is 9.43. The van der Waals surface area contributed by atoms with Crippen molar-refractivity contribution in [2.75, 3.05) is 5.75 Å². The topological polar surface area (TPSA) is 72.7 Å². The Morgan fingerprint density at radius 1 is 1.19 bits per heavy atom. The Hall–Kier alpha value is -1.89. The van der Waals surface area contributed by atoms with Crippen LogP contribution < -0.4 is 5.32 Å². The molecule has 0 aliphatic rings. The van der Waals surface area contributed by atoms with E-state index in [0.717, 1.165) is 29.5 Å². The molecule has 0 fully saturated rings. The summed E-state index contributed by atoms with van der Waals surface area (Å²) >= 11 is 1.43. The van der Waals surface area contributed by atoms with Crippen LogP contribution in [-0.2, 0) is 11.3 Å². The van der Waals surface area contributed by atoms with Gasteiger partial charge in [-0.05, 0) is 32.4 Å². The third kappa shape index (κ3) is 6.12. The van der Waals surface area contributed by atoms with Gasteiger partial charge in [-0.15, -0.1) is 10.2 Å². The van der Waals surface area contributed by atoms with Crippen LogP contribution >= 0.6 is 11.8 Å². The Bertz CT molecular complexity index is 674. The normalized spacial score (nSPS) is 12.1. The molecule has 0 unspecified atom stereocenters. The van der Waals surface area contributed by atoms with Gasteiger partial charge in [-0.25, -0.2) is 0 Å². The highest BCUT2D eigenvalue weighted by atomic mass is 32.2. The van der Waals surface area contributed by atoms with Crippen LogP contribution in [0.4, 0.5) is 0 Å². The van der Waals surface area contributed by atoms with Crippen LogP contribution in [-0.4, -0.2) is 37.5 Å². The molecule has 0 radical (unpaired) electrons. The van der Waals surface area contributed by atoms with Crippen molar-refractivity contribution in [3.8, 4) is 11.4 Å². The van der Waals surface area contributed by atoms with Gasteiger partial charge < -0.3 is 9.88 Å². The molecule has 142 valence electrons. The summed E-state index contributed by atoms with van der Waals surface area (Å²) < 4.78 is 2.03. The van der Waals surface area contributed by atoms with Gasteiger partial charge in [0.1, 0.15) is 0 Å². The number of amides is 1. The molecule has 0 saturated heterocycles. The van der Waals surface area contributed by atoms with Crippen molar-refractivity contribution in [3.05, 3.63) is 24.5 Å². The minimum Gasteiger partial charge on any atom is -0.353 e. The van der Waals surface area contributed by atoms with Crippen LogP contribution in [0.15, 0.2) is 29.7 Å². The third-order valence-corrected chi connectivity index (χ3v) is 5.17. The Labute approximate surface area is 160 Å². The van der Waals surface area contributed by atoms with Crippen LogP contribution in [0.3, 0.4) is 0 Å². The molecule has 1 N–H and O–H groups in total. The predicted molar refractivity (Wildman–Crippen MR) is 106 cm³/mol. The van der Waals surface area contributed by atoms with E-state index in [1.807, 2.05) is 16.7 Å². The average Bonchev–Trinajstić information content (AvgIpc) is 3.07. The van der Waals surface area contributed by atoms with Gasteiger partial charge in [0.05, 0.1) is 5.75 Å². The van der Waals surface area contributed by atoms with Gasteiger partial charge in [0.25, 0.3) is 0 Å². The molecule has 2 aromatic rings. The zero-order valence-corrected chi connectivity index (χ0v) is 16.8. The second-order valence-electron chi connectivity index (χ2n) is 6.39. The number of pyridine rings is 1. The van der Waals surface area contributed by atoms with Crippen molar-refractivity contribution in [2.24, 2.45) is 0 Å². The summed E-state index contributed by atoms with van der Waals surface area (Å²) in [5.74, 6) is 1.21. The zero-order valence-electron chi connectivity index (χ0n) is 15.9. The van der Waals surface area contributed by atoms with Crippen LogP contribution in [0.5, 0.6) is 0 Å². The first-order valence-corrected chi connectivity index (χ1v) is 10.4. The number of nitrogens with zero attached hydrogens (tertiary/aromatic N) is 4. The van der Waals surface area contributed by atoms with E-state index >= 15 is 0 Å². The van der Waals surface area contributed by atoms with Crippen molar-refractivity contribution in [1.29, 1.82) is 0 Å². The standard InChI is InChI=1S/C19H29N5OS/c1-4-6-7-8-9-15(3)21-17(25)14-26-19-23-22-18(24(19)5-2)16-10-12-20-13-11-16/h10-13,15H,4-9,14H2,1-3H3,(H,21,25)/t15-/m0/s1. The second kappa shape index (κ2) is 11.0. The predicted octanol–water partition coefficient (Wildman–Crippen LogP) is 3.93. The summed E-state index contributed by atoms with van der Waals surface area (Å²) in [4.78, 5) is 16.2. The van der Waals surface area contributed by atoms with E-state index in [4.69, 9.17) is 0 Å². The molecule has 0 spiro atoms. The average molecular weight is 376 g/mol. The highest BCUT2D eigenvalue weighted by Crippen LogP contribution is 2.23. The number of rotatable bonds is 11. The summed E-state index contributed by atoms with van der Waals surface area (Å²) in [6, 6.07) is 4.05. The molecule has 0 saturated carbocycles. The molecule has 7 heteroatoms. The lowest BCUT2D eigenvalue weighted by atomic mass is 10.1. The molecule has 1 amide bonds. The first kappa shape index (κ1) is 20.4. The summed E-state index contributed by atoms with van der Waals surface area (Å²) in [6.45, 7) is 7.08. The van der Waals surface area contributed by atoms with E-state index in [-0.39, 0.29) is 11.9 Å². The smallest absolute Gasteiger partial charge is 0.230 e. The van der Waals surface area contributed by atoms with Gasteiger partial charge in [0, 0.05) is 30.5 Å². The molecule has 1 atom stereocenters. The third-order valence-electron chi connectivity index (χ3n) is 4.20. The highest BCUT2D eigenvalue weighted by Gasteiger charge is 2.15. The van der Waals surface area contributed by atoms with Crippen LogP contribution in [0.2, 0.25) is 0 Å². The van der Waals surface area contributed by atoms with Gasteiger partial charge in [-0.2, -0.15) is 0 Å². The number of aromatic nitrogens is 4. The fourth-order valence-corrected chi connectivity index (χ4v) is 3.60. The summed E-state index contributed by atoms with van der Waals surface area (Å²) in [7, 11) is 0. The molecule has 26 heavy (non-hydrogen) atoms. The molecular formula is C19H29N5OS. The molecule has 0 aliphatic carbocycles. The van der Waals surface area contributed by atoms with E-state index in [1.54, 1.807) is 12.4 Å². The van der Waals surface area contributed by atoms with E-state index in [1.165, 1.54) is 37.4 Å². The van der Waals surface area contributed by atoms with Gasteiger partial charge >= 0.3 is 0 Å². The van der Waals surface area contributed by atoms with Gasteiger partial charge in [-0.1, -0.05) is 44.4 Å². The lowest BCUT2D eigenvalue weighted by molar-refractivity contribution is -0.119. The number of thioether (sulfide) groups is 1. The fraction of sp³-hybridized carbons (Fsp3) is 0.579. The van der Waals surface area contributed by atoms with Crippen molar-refractivity contribution < 1.29 is 4.79 Å². The van der Waals surface area contributed by atoms with Gasteiger partial charge in [0.2, 0.25) is 5.91 Å². The van der Waals surface area contributed by atoms with E-state index in [9.17, 15) is 4.79 Å². The number of nitrogens with one attached hydrogen (secondary N) is 1. The molecule has 2 aromatic heterocycles. The number of hydrogen-bond acceptors (Lipinski definition) is 5. The van der Waals surface area contributed by atoms with Crippen molar-refractivity contribution in [1.82, 2.24) is 25.1 Å². The van der Waals surface area contributed by atoms with E-state index in [0.29, 0.717) is 5.75 Å². The van der Waals surface area contributed by atoms with Crippen molar-refractivity contribution >= 4 is 17.7 Å². The maximum atomic E-state index is 12.2. The first-order valence-electron chi connectivity index (χ1n) is 9.41. The number of unbranched alkanes of at least 4 members (excludes halogenated alkanes) is 3. The zero-order chi connectivity index (χ0) is 18.8. The molecule has 0 aliphatic heterocycles. The molecule has 0 aromatic carbocycles. The maximum absolute atomic E-state index is 12.2. The van der Waals surface area contributed by atoms with Crippen molar-refractivity contribution in [2.45, 2.75) is 70.6 Å². The molecule has 6 nitrogen and oxygen atoms in total. The minimum atomic E-state index is 0.0501. The fourth-order valence-electron chi connectivity index (χ4n) is 2.79. The summed E-state index contributed by atoms with van der Waals surface area (Å²) in [5.41, 5.74) is 0.978. The lowest BCUT2D eigenvalue weighted by Crippen LogP contribution is -2.33. The van der Waals surface area contributed by atoms with Crippen LogP contribution in [0.25, 0.3) is 11.4 Å². The molecule has 0 bridgehead atoms. The van der Waals surface area contributed by atoms with Crippen LogP contribution in [0.1, 0.15) is 52.9 Å². The van der Waals surface area contributed by atoms with Crippen molar-refractivity contribution in [3.63, 3.8) is 0 Å². The molecular weight excluding hydrogens is 346 g/mol. The largest absolute Gasteiger partial charge is 0.353 e. The van der Waals surface area contributed by atoms with Gasteiger partial charge in [0.15, 0.2) is 11.0 Å². The lowest BCUT2D eigenvalue weighted by Gasteiger charge is -2.13. The Morgan fingerprint density at radius 3 is 2.65 bits per heavy atom. The number of carbonyl (C=O) groups is 1. The Morgan fingerprint density at radius 2 is 1.96 bits per heavy atom. The highest BCUT2D eigenvalue weighted by molar-refractivity contribution is 7.99. The monoisotopic (exact) mass is 375 g/mol. The molecule has 2 rings (SSSR count). The van der Waals surface area contributed by atoms with Gasteiger partial charge in [-0.3, -0.25) is 9.78 Å². The first-order chi connectivity index (χ1) is 12.7. The number of hydrogen-bond donors (Lipinski definition) is 1. The number of carbonyl (C=O) groups excluding carboxylic acids is 1. The Kier molecular flexibility index (Phi) is 8.61. The van der Waals surface area contributed by atoms with E-state index in [2.05, 4.69) is 41.3 Å². The minimum absolute atomic E-state index is 0.0501. The quantitative estimate of drug-likeness (QED) is 0.476. The summed E-state index contributed by atoms with van der Waals surface area (Å²) in [5, 5.41) is 12.4. The molecule has 2 heterocycles. The second-order valence-corrected chi connectivity index (χ2v) is 7.34. The SMILES string of the molecule is CCCCCC[C@H](C)NC(=O)CSc1nnc(-c2ccncc2)n1CC. The maximum Gasteiger partial charge on any atom is 0.230 e. The Balaban J connectivity index is 1.85. The van der Waals surface area contributed by atoms with Crippen LogP contribution in [0, 0.1) is 0 Å².